The fourth-order valence-corrected chi connectivity index (χ4v) is 5.02. The number of rotatable bonds is 7. The predicted molar refractivity (Wildman–Crippen MR) is 139 cm³/mol. The Morgan fingerprint density at radius 3 is 2.18 bits per heavy atom. The van der Waals surface area contributed by atoms with Crippen LogP contribution in [0.25, 0.3) is 6.08 Å². The van der Waals surface area contributed by atoms with Crippen molar-refractivity contribution in [3.8, 4) is 28.7 Å². The Balaban J connectivity index is 1.52. The molecule has 17 heteroatoms. The lowest BCUT2D eigenvalue weighted by Crippen LogP contribution is -2.65. The second kappa shape index (κ2) is 12.2. The van der Waals surface area contributed by atoms with Gasteiger partial charge in [-0.05, 0) is 18.2 Å². The molecule has 3 aliphatic rings. The van der Waals surface area contributed by atoms with Gasteiger partial charge in [-0.3, -0.25) is 0 Å². The zero-order valence-electron chi connectivity index (χ0n) is 22.4. The summed E-state index contributed by atoms with van der Waals surface area (Å²) >= 11 is 0. The summed E-state index contributed by atoms with van der Waals surface area (Å²) < 4.78 is 28.3. The quantitative estimate of drug-likeness (QED) is 0.144. The van der Waals surface area contributed by atoms with E-state index in [1.807, 2.05) is 0 Å². The van der Waals surface area contributed by atoms with Gasteiger partial charge in [0.1, 0.15) is 59.6 Å². The lowest BCUT2D eigenvalue weighted by molar-refractivity contribution is -0.360. The predicted octanol–water partition coefficient (Wildman–Crippen LogP) is -2.28. The fourth-order valence-electron chi connectivity index (χ4n) is 5.02. The van der Waals surface area contributed by atoms with Crippen molar-refractivity contribution in [3.05, 3.63) is 47.2 Å². The van der Waals surface area contributed by atoms with Crippen molar-refractivity contribution in [2.24, 2.45) is 0 Å². The summed E-state index contributed by atoms with van der Waals surface area (Å²) in [5.74, 6) is -3.74. The van der Waals surface area contributed by atoms with E-state index in [4.69, 9.17) is 23.7 Å². The third-order valence-corrected chi connectivity index (χ3v) is 7.38. The van der Waals surface area contributed by atoms with Crippen molar-refractivity contribution in [1.82, 2.24) is 0 Å². The molecule has 0 radical (unpaired) electrons. The van der Waals surface area contributed by atoms with Crippen LogP contribution >= 0.6 is 0 Å². The van der Waals surface area contributed by atoms with Crippen LogP contribution in [-0.2, 0) is 23.7 Å². The highest BCUT2D eigenvalue weighted by atomic mass is 16.8. The zero-order chi connectivity index (χ0) is 32.0. The number of ether oxygens (including phenoxy) is 5. The molecular formula is C27H30O17. The smallest absolute Gasteiger partial charge is 0.335 e. The summed E-state index contributed by atoms with van der Waals surface area (Å²) in [5.41, 5.74) is 0.178. The normalized spacial score (nSPS) is 35.2. The minimum absolute atomic E-state index is 0.0112. The number of aliphatic hydroxyl groups is 6. The number of carbonyl (C=O) groups is 1. The van der Waals surface area contributed by atoms with Crippen LogP contribution in [0.5, 0.6) is 28.7 Å². The van der Waals surface area contributed by atoms with E-state index in [0.717, 1.165) is 18.2 Å². The molecule has 2 aromatic rings. The van der Waals surface area contributed by atoms with Crippen molar-refractivity contribution >= 4 is 12.0 Å². The number of aromatic hydroxyl groups is 4. The first-order valence-corrected chi connectivity index (χ1v) is 13.1. The third-order valence-electron chi connectivity index (χ3n) is 7.38. The zero-order valence-corrected chi connectivity index (χ0v) is 22.4. The van der Waals surface area contributed by atoms with E-state index < -0.39 is 97.3 Å². The first-order chi connectivity index (χ1) is 20.8. The summed E-state index contributed by atoms with van der Waals surface area (Å²) in [5, 5.41) is 112. The molecule has 2 fully saturated rings. The summed E-state index contributed by atoms with van der Waals surface area (Å²) in [6.45, 7) is -0.826. The number of aliphatic carboxylic acids is 1. The van der Waals surface area contributed by atoms with Gasteiger partial charge in [0, 0.05) is 17.7 Å². The molecule has 44 heavy (non-hydrogen) atoms. The molecule has 11 atom stereocenters. The van der Waals surface area contributed by atoms with Crippen LogP contribution in [0.1, 0.15) is 17.2 Å². The van der Waals surface area contributed by atoms with Gasteiger partial charge in [0.25, 0.3) is 0 Å². The van der Waals surface area contributed by atoms with Gasteiger partial charge in [-0.2, -0.15) is 0 Å². The van der Waals surface area contributed by atoms with Crippen LogP contribution in [0, 0.1) is 0 Å². The van der Waals surface area contributed by atoms with Crippen LogP contribution in [-0.4, -0.2) is 130 Å². The van der Waals surface area contributed by atoms with E-state index in [-0.39, 0.29) is 28.4 Å². The van der Waals surface area contributed by atoms with Crippen molar-refractivity contribution in [2.75, 3.05) is 6.61 Å². The Morgan fingerprint density at radius 1 is 0.795 bits per heavy atom. The monoisotopic (exact) mass is 626 g/mol. The molecule has 0 spiro atoms. The SMILES string of the molecule is O=C(O)[C@H]1O[C@@H](O[C@@H]2[C@H](OC3=Cc4c(O)cc(O)cc4OC3c3ccc(O)c(O)c3)O[C@H](CO)[C@@H](O)[C@@H]2O)[C@H](O)[C@@H](O)[C@@H]1O. The average molecular weight is 627 g/mol. The molecule has 5 rings (SSSR count). The van der Waals surface area contributed by atoms with Crippen LogP contribution in [0.2, 0.25) is 0 Å². The van der Waals surface area contributed by atoms with Crippen molar-refractivity contribution in [3.63, 3.8) is 0 Å². The molecule has 3 heterocycles. The molecule has 0 aliphatic carbocycles. The van der Waals surface area contributed by atoms with Crippen LogP contribution in [0.4, 0.5) is 0 Å². The topological polar surface area (TPSA) is 286 Å². The van der Waals surface area contributed by atoms with Gasteiger partial charge in [0.15, 0.2) is 36.1 Å². The summed E-state index contributed by atoms with van der Waals surface area (Å²) in [6.07, 6.45) is -19.2. The molecule has 17 nitrogen and oxygen atoms in total. The average Bonchev–Trinajstić information content (AvgIpc) is 2.97. The molecule has 0 bridgehead atoms. The molecule has 2 aromatic carbocycles. The minimum Gasteiger partial charge on any atom is -0.508 e. The van der Waals surface area contributed by atoms with Crippen LogP contribution in [0.15, 0.2) is 36.1 Å². The maximum absolute atomic E-state index is 11.6. The largest absolute Gasteiger partial charge is 0.508 e. The summed E-state index contributed by atoms with van der Waals surface area (Å²) in [6, 6.07) is 5.81. The number of phenols is 4. The minimum atomic E-state index is -2.07. The van der Waals surface area contributed by atoms with Gasteiger partial charge in [-0.15, -0.1) is 0 Å². The number of carboxylic acid groups (broad SMARTS) is 1. The first-order valence-electron chi connectivity index (χ1n) is 13.1. The Hall–Kier alpha value is -3.91. The van der Waals surface area contributed by atoms with Crippen LogP contribution < -0.4 is 4.74 Å². The first kappa shape index (κ1) is 31.5. The molecule has 0 saturated carbocycles. The number of carboxylic acids is 1. The maximum atomic E-state index is 11.6. The Labute approximate surface area is 247 Å². The molecule has 240 valence electrons. The van der Waals surface area contributed by atoms with E-state index in [1.165, 1.54) is 18.2 Å². The van der Waals surface area contributed by atoms with Gasteiger partial charge >= 0.3 is 5.97 Å². The Kier molecular flexibility index (Phi) is 8.76. The van der Waals surface area contributed by atoms with E-state index in [1.54, 1.807) is 0 Å². The number of aliphatic hydroxyl groups excluding tert-OH is 6. The van der Waals surface area contributed by atoms with E-state index in [0.29, 0.717) is 0 Å². The summed E-state index contributed by atoms with van der Waals surface area (Å²) in [7, 11) is 0. The lowest BCUT2D eigenvalue weighted by atomic mass is 9.97. The van der Waals surface area contributed by atoms with Gasteiger partial charge < -0.3 is 79.9 Å². The maximum Gasteiger partial charge on any atom is 0.335 e. The molecule has 1 unspecified atom stereocenters. The molecule has 0 amide bonds. The molecule has 11 N–H and O–H groups in total. The number of hydrogen-bond donors (Lipinski definition) is 11. The fraction of sp³-hybridized carbons (Fsp3) is 0.444. The highest BCUT2D eigenvalue weighted by molar-refractivity contribution is 5.73. The van der Waals surface area contributed by atoms with Crippen LogP contribution in [0.3, 0.4) is 0 Å². The van der Waals surface area contributed by atoms with Crippen molar-refractivity contribution in [1.29, 1.82) is 0 Å². The number of phenolic OH excluding ortho intramolecular Hbond substituents is 4. The lowest BCUT2D eigenvalue weighted by Gasteiger charge is -2.46. The standard InChI is InChI=1S/C27H30O17/c28-7-16-17(33)19(35)24(44-26-21(37)18(34)20(36)23(43-26)25(38)39)27(42-16)41-15-6-10-12(31)4-9(29)5-14(10)40-22(15)8-1-2-11(30)13(32)3-8/h1-6,16-24,26-37H,7H2,(H,38,39)/t16-,17-,18+,19+,20+,21-,22?,23+,24+,26+,27-/m1/s1. The molecular weight excluding hydrogens is 596 g/mol. The van der Waals surface area contributed by atoms with Gasteiger partial charge in [-0.1, -0.05) is 6.07 Å². The third kappa shape index (κ3) is 5.80. The van der Waals surface area contributed by atoms with E-state index in [9.17, 15) is 61.0 Å². The molecule has 2 saturated heterocycles. The van der Waals surface area contributed by atoms with Gasteiger partial charge in [-0.25, -0.2) is 4.79 Å². The Bertz CT molecular complexity index is 1410. The van der Waals surface area contributed by atoms with Crippen molar-refractivity contribution in [2.45, 2.75) is 67.5 Å². The molecule has 0 aromatic heterocycles. The van der Waals surface area contributed by atoms with Gasteiger partial charge in [0.2, 0.25) is 6.29 Å². The van der Waals surface area contributed by atoms with E-state index >= 15 is 0 Å². The highest BCUT2D eigenvalue weighted by Gasteiger charge is 2.53. The number of hydrogen-bond acceptors (Lipinski definition) is 16. The summed E-state index contributed by atoms with van der Waals surface area (Å²) in [4.78, 5) is 11.6. The van der Waals surface area contributed by atoms with E-state index in [2.05, 4.69) is 0 Å². The molecule has 3 aliphatic heterocycles. The highest BCUT2D eigenvalue weighted by Crippen LogP contribution is 2.45. The second-order valence-corrected chi connectivity index (χ2v) is 10.3. The number of benzene rings is 2. The Morgan fingerprint density at radius 2 is 1.52 bits per heavy atom. The number of fused-ring (bicyclic) bond motifs is 1. The van der Waals surface area contributed by atoms with Gasteiger partial charge in [0.05, 0.1) is 12.2 Å². The van der Waals surface area contributed by atoms with Crippen molar-refractivity contribution < 1.29 is 84.7 Å². The second-order valence-electron chi connectivity index (χ2n) is 10.3.